The second kappa shape index (κ2) is 6.49. The third-order valence-electron chi connectivity index (χ3n) is 4.37. The van der Waals surface area contributed by atoms with E-state index < -0.39 is 0 Å². The van der Waals surface area contributed by atoms with Crippen LogP contribution < -0.4 is 10.6 Å². The summed E-state index contributed by atoms with van der Waals surface area (Å²) >= 11 is 1.46. The van der Waals surface area contributed by atoms with Crippen molar-refractivity contribution in [3.05, 3.63) is 28.9 Å². The summed E-state index contributed by atoms with van der Waals surface area (Å²) in [5.41, 5.74) is 2.62. The predicted molar refractivity (Wildman–Crippen MR) is 91.9 cm³/mol. The number of rotatable bonds is 4. The van der Waals surface area contributed by atoms with Gasteiger partial charge in [0, 0.05) is 36.2 Å². The van der Waals surface area contributed by atoms with Gasteiger partial charge in [0.15, 0.2) is 5.13 Å². The maximum atomic E-state index is 14.4. The molecule has 2 N–H and O–H groups in total. The average Bonchev–Trinajstić information content (AvgIpc) is 3.24. The van der Waals surface area contributed by atoms with E-state index in [1.807, 2.05) is 5.38 Å². The fraction of sp³-hybridized carbons (Fsp3) is 0.412. The van der Waals surface area contributed by atoms with Crippen LogP contribution >= 0.6 is 11.3 Å². The zero-order chi connectivity index (χ0) is 16.5. The fourth-order valence-electron chi connectivity index (χ4n) is 3.08. The van der Waals surface area contributed by atoms with E-state index in [-0.39, 0.29) is 17.8 Å². The number of aryl methyl sites for hydroxylation is 1. The zero-order valence-corrected chi connectivity index (χ0v) is 13.9. The molecule has 0 radical (unpaired) electrons. The summed E-state index contributed by atoms with van der Waals surface area (Å²) in [5, 5.41) is 8.60. The Morgan fingerprint density at radius 2 is 2.33 bits per heavy atom. The van der Waals surface area contributed by atoms with Crippen molar-refractivity contribution in [3.8, 4) is 11.3 Å². The highest BCUT2D eigenvalue weighted by Gasteiger charge is 2.20. The number of amides is 1. The molecule has 0 spiro atoms. The lowest BCUT2D eigenvalue weighted by molar-refractivity contribution is -0.116. The molecule has 2 aromatic rings. The van der Waals surface area contributed by atoms with Crippen molar-refractivity contribution in [1.82, 2.24) is 4.98 Å². The lowest BCUT2D eigenvalue weighted by Crippen LogP contribution is -2.19. The van der Waals surface area contributed by atoms with E-state index in [1.165, 1.54) is 17.4 Å². The molecule has 3 heterocycles. The molecule has 1 fully saturated rings. The standard InChI is InChI=1S/C17H18FN3O2S/c18-13-7-14-10(3-4-16(22)20-14)6-12(13)15-9-24-17(21-15)19-8-11-2-1-5-23-11/h6-7,9,11H,1-5,8H2,(H,19,21)(H,20,22). The number of thiazole rings is 1. The maximum Gasteiger partial charge on any atom is 0.224 e. The van der Waals surface area contributed by atoms with Crippen LogP contribution in [0.1, 0.15) is 24.8 Å². The lowest BCUT2D eigenvalue weighted by Gasteiger charge is -2.17. The van der Waals surface area contributed by atoms with E-state index in [0.29, 0.717) is 29.8 Å². The van der Waals surface area contributed by atoms with Crippen LogP contribution in [0.25, 0.3) is 11.3 Å². The van der Waals surface area contributed by atoms with Crippen LogP contribution in [0.2, 0.25) is 0 Å². The molecule has 0 saturated carbocycles. The SMILES string of the molecule is O=C1CCc2cc(-c3csc(NCC4CCCO4)n3)c(F)cc2N1. The highest BCUT2D eigenvalue weighted by atomic mass is 32.1. The third-order valence-corrected chi connectivity index (χ3v) is 5.17. The van der Waals surface area contributed by atoms with Gasteiger partial charge in [-0.3, -0.25) is 4.79 Å². The number of aromatic nitrogens is 1. The number of halogens is 1. The van der Waals surface area contributed by atoms with Crippen LogP contribution in [0.5, 0.6) is 0 Å². The van der Waals surface area contributed by atoms with Crippen molar-refractivity contribution in [3.63, 3.8) is 0 Å². The predicted octanol–water partition coefficient (Wildman–Crippen LogP) is 3.42. The van der Waals surface area contributed by atoms with Crippen molar-refractivity contribution in [1.29, 1.82) is 0 Å². The number of nitrogens with one attached hydrogen (secondary N) is 2. The molecule has 1 saturated heterocycles. The van der Waals surface area contributed by atoms with Crippen molar-refractivity contribution in [2.75, 3.05) is 23.8 Å². The van der Waals surface area contributed by atoms with Gasteiger partial charge >= 0.3 is 0 Å². The quantitative estimate of drug-likeness (QED) is 0.889. The molecule has 126 valence electrons. The highest BCUT2D eigenvalue weighted by Crippen LogP contribution is 2.33. The van der Waals surface area contributed by atoms with Gasteiger partial charge in [0.2, 0.25) is 5.91 Å². The monoisotopic (exact) mass is 347 g/mol. The molecule has 2 aliphatic heterocycles. The fourth-order valence-corrected chi connectivity index (χ4v) is 3.80. The third kappa shape index (κ3) is 3.14. The summed E-state index contributed by atoms with van der Waals surface area (Å²) in [6.45, 7) is 1.55. The van der Waals surface area contributed by atoms with Crippen molar-refractivity contribution < 1.29 is 13.9 Å². The zero-order valence-electron chi connectivity index (χ0n) is 13.1. The number of fused-ring (bicyclic) bond motifs is 1. The van der Waals surface area contributed by atoms with E-state index >= 15 is 0 Å². The molecule has 1 aromatic carbocycles. The Hall–Kier alpha value is -1.99. The number of nitrogens with zero attached hydrogens (tertiary/aromatic N) is 1. The van der Waals surface area contributed by atoms with Gasteiger partial charge in [-0.25, -0.2) is 9.37 Å². The number of benzene rings is 1. The van der Waals surface area contributed by atoms with Crippen LogP contribution in [-0.2, 0) is 16.0 Å². The Labute approximate surface area is 143 Å². The minimum Gasteiger partial charge on any atom is -0.376 e. The number of carbonyl (C=O) groups is 1. The van der Waals surface area contributed by atoms with Crippen LogP contribution in [0, 0.1) is 5.82 Å². The molecule has 2 aliphatic rings. The first kappa shape index (κ1) is 15.5. The molecular weight excluding hydrogens is 329 g/mol. The second-order valence-electron chi connectivity index (χ2n) is 6.09. The molecule has 7 heteroatoms. The number of carbonyl (C=O) groups excluding carboxylic acids is 1. The highest BCUT2D eigenvalue weighted by molar-refractivity contribution is 7.14. The van der Waals surface area contributed by atoms with E-state index in [9.17, 15) is 9.18 Å². The molecule has 1 unspecified atom stereocenters. The summed E-state index contributed by atoms with van der Waals surface area (Å²) in [5.74, 6) is -0.434. The van der Waals surface area contributed by atoms with Gasteiger partial charge in [-0.2, -0.15) is 0 Å². The van der Waals surface area contributed by atoms with Gasteiger partial charge in [-0.15, -0.1) is 11.3 Å². The van der Waals surface area contributed by atoms with Gasteiger partial charge in [-0.1, -0.05) is 0 Å². The molecule has 5 nitrogen and oxygen atoms in total. The van der Waals surface area contributed by atoms with Crippen LogP contribution in [0.15, 0.2) is 17.5 Å². The van der Waals surface area contributed by atoms with E-state index in [0.717, 1.165) is 36.7 Å². The molecule has 1 aromatic heterocycles. The first-order chi connectivity index (χ1) is 11.7. The molecule has 1 amide bonds. The van der Waals surface area contributed by atoms with Gasteiger partial charge in [-0.05, 0) is 37.0 Å². The largest absolute Gasteiger partial charge is 0.376 e. The summed E-state index contributed by atoms with van der Waals surface area (Å²) < 4.78 is 20.0. The Kier molecular flexibility index (Phi) is 4.20. The van der Waals surface area contributed by atoms with E-state index in [4.69, 9.17) is 4.74 Å². The smallest absolute Gasteiger partial charge is 0.224 e. The number of hydrogen-bond donors (Lipinski definition) is 2. The van der Waals surface area contributed by atoms with Crippen LogP contribution in [0.4, 0.5) is 15.2 Å². The first-order valence-electron chi connectivity index (χ1n) is 8.13. The first-order valence-corrected chi connectivity index (χ1v) is 9.00. The van der Waals surface area contributed by atoms with E-state index in [2.05, 4.69) is 15.6 Å². The van der Waals surface area contributed by atoms with Crippen molar-refractivity contribution in [2.24, 2.45) is 0 Å². The van der Waals surface area contributed by atoms with Gasteiger partial charge in [0.25, 0.3) is 0 Å². The molecule has 4 rings (SSSR count). The van der Waals surface area contributed by atoms with Crippen LogP contribution in [-0.4, -0.2) is 30.1 Å². The summed E-state index contributed by atoms with van der Waals surface area (Å²) in [7, 11) is 0. The van der Waals surface area contributed by atoms with Crippen LogP contribution in [0.3, 0.4) is 0 Å². The minimum atomic E-state index is -0.369. The topological polar surface area (TPSA) is 63.2 Å². The number of hydrogen-bond acceptors (Lipinski definition) is 5. The summed E-state index contributed by atoms with van der Waals surface area (Å²) in [6, 6.07) is 3.18. The lowest BCUT2D eigenvalue weighted by atomic mass is 9.99. The summed E-state index contributed by atoms with van der Waals surface area (Å²) in [4.78, 5) is 15.9. The van der Waals surface area contributed by atoms with Crippen molar-refractivity contribution >= 4 is 28.1 Å². The Bertz CT molecular complexity index is 771. The molecule has 24 heavy (non-hydrogen) atoms. The minimum absolute atomic E-state index is 0.0658. The molecule has 0 aliphatic carbocycles. The Morgan fingerprint density at radius 1 is 1.42 bits per heavy atom. The Balaban J connectivity index is 1.52. The molecular formula is C17H18FN3O2S. The van der Waals surface area contributed by atoms with Gasteiger partial charge in [0.1, 0.15) is 5.82 Å². The average molecular weight is 347 g/mol. The number of anilines is 2. The number of ether oxygens (including phenoxy) is 1. The van der Waals surface area contributed by atoms with Gasteiger partial charge in [0.05, 0.1) is 11.8 Å². The summed E-state index contributed by atoms with van der Waals surface area (Å²) in [6.07, 6.45) is 3.47. The molecule has 1 atom stereocenters. The molecule has 0 bridgehead atoms. The maximum absolute atomic E-state index is 14.4. The van der Waals surface area contributed by atoms with E-state index in [1.54, 1.807) is 6.07 Å². The normalized spacial score (nSPS) is 19.9. The van der Waals surface area contributed by atoms with Crippen molar-refractivity contribution in [2.45, 2.75) is 31.8 Å². The van der Waals surface area contributed by atoms with Gasteiger partial charge < -0.3 is 15.4 Å². The Morgan fingerprint density at radius 3 is 3.17 bits per heavy atom. The second-order valence-corrected chi connectivity index (χ2v) is 6.95.